The van der Waals surface area contributed by atoms with Crippen molar-refractivity contribution < 1.29 is 14.3 Å². The lowest BCUT2D eigenvalue weighted by molar-refractivity contribution is 0.0685. The number of halogens is 1. The largest absolute Gasteiger partial charge is 0.477 e. The first-order valence-electron chi connectivity index (χ1n) is 4.64. The number of carboxylic acids is 1. The van der Waals surface area contributed by atoms with Crippen LogP contribution in [0, 0.1) is 5.82 Å². The van der Waals surface area contributed by atoms with Crippen LogP contribution in [0.3, 0.4) is 0 Å². The third-order valence-electron chi connectivity index (χ3n) is 2.17. The predicted octanol–water partition coefficient (Wildman–Crippen LogP) is 1.77. The molecule has 0 aliphatic carbocycles. The fourth-order valence-corrected chi connectivity index (χ4v) is 1.46. The second-order valence-electron chi connectivity index (χ2n) is 3.34. The summed E-state index contributed by atoms with van der Waals surface area (Å²) in [6.45, 7) is 0.291. The number of aromatic nitrogens is 2. The van der Waals surface area contributed by atoms with Crippen LogP contribution in [-0.2, 0) is 6.54 Å². The minimum Gasteiger partial charge on any atom is -0.477 e. The normalized spacial score (nSPS) is 10.3. The Morgan fingerprint density at radius 3 is 3.00 bits per heavy atom. The van der Waals surface area contributed by atoms with Gasteiger partial charge in [-0.25, -0.2) is 14.2 Å². The first-order chi connectivity index (χ1) is 7.66. The first-order valence-corrected chi connectivity index (χ1v) is 4.64. The van der Waals surface area contributed by atoms with E-state index in [0.29, 0.717) is 12.1 Å². The zero-order valence-corrected chi connectivity index (χ0v) is 8.30. The van der Waals surface area contributed by atoms with Crippen LogP contribution >= 0.6 is 0 Å². The molecule has 1 heterocycles. The van der Waals surface area contributed by atoms with Crippen molar-refractivity contribution in [2.24, 2.45) is 0 Å². The second kappa shape index (κ2) is 4.14. The Labute approximate surface area is 91.0 Å². The van der Waals surface area contributed by atoms with E-state index in [1.807, 2.05) is 0 Å². The van der Waals surface area contributed by atoms with Gasteiger partial charge in [-0.2, -0.15) is 0 Å². The summed E-state index contributed by atoms with van der Waals surface area (Å²) < 4.78 is 14.4. The van der Waals surface area contributed by atoms with E-state index in [0.717, 1.165) is 0 Å². The van der Waals surface area contributed by atoms with Crippen molar-refractivity contribution in [3.05, 3.63) is 53.9 Å². The molecule has 0 saturated heterocycles. The van der Waals surface area contributed by atoms with Crippen molar-refractivity contribution in [1.82, 2.24) is 9.55 Å². The highest BCUT2D eigenvalue weighted by Gasteiger charge is 2.09. The SMILES string of the molecule is O=C(O)c1cncn1Cc1cccc(F)c1. The number of carboxylic acid groups (broad SMARTS) is 1. The predicted molar refractivity (Wildman–Crippen MR) is 54.7 cm³/mol. The molecular weight excluding hydrogens is 211 g/mol. The third kappa shape index (κ3) is 2.08. The van der Waals surface area contributed by atoms with Crippen LogP contribution in [0.4, 0.5) is 4.39 Å². The van der Waals surface area contributed by atoms with E-state index in [-0.39, 0.29) is 11.5 Å². The number of aromatic carboxylic acids is 1. The van der Waals surface area contributed by atoms with Crippen molar-refractivity contribution in [3.8, 4) is 0 Å². The summed E-state index contributed by atoms with van der Waals surface area (Å²) in [7, 11) is 0. The number of imidazole rings is 1. The van der Waals surface area contributed by atoms with E-state index in [2.05, 4.69) is 4.98 Å². The van der Waals surface area contributed by atoms with Crippen molar-refractivity contribution in [3.63, 3.8) is 0 Å². The van der Waals surface area contributed by atoms with E-state index < -0.39 is 5.97 Å². The highest BCUT2D eigenvalue weighted by Crippen LogP contribution is 2.08. The standard InChI is InChI=1S/C11H9FN2O2/c12-9-3-1-2-8(4-9)6-14-7-13-5-10(14)11(15)16/h1-5,7H,6H2,(H,15,16). The highest BCUT2D eigenvalue weighted by atomic mass is 19.1. The maximum absolute atomic E-state index is 12.9. The van der Waals surface area contributed by atoms with Crippen molar-refractivity contribution in [2.75, 3.05) is 0 Å². The van der Waals surface area contributed by atoms with Gasteiger partial charge in [0.25, 0.3) is 0 Å². The molecule has 2 rings (SSSR count). The minimum absolute atomic E-state index is 0.0873. The van der Waals surface area contributed by atoms with E-state index in [9.17, 15) is 9.18 Å². The molecule has 0 unspecified atom stereocenters. The Kier molecular flexibility index (Phi) is 2.68. The van der Waals surface area contributed by atoms with Gasteiger partial charge in [0.15, 0.2) is 0 Å². The highest BCUT2D eigenvalue weighted by molar-refractivity contribution is 5.85. The number of hydrogen-bond donors (Lipinski definition) is 1. The van der Waals surface area contributed by atoms with Gasteiger partial charge >= 0.3 is 5.97 Å². The lowest BCUT2D eigenvalue weighted by Crippen LogP contribution is -2.08. The maximum atomic E-state index is 12.9. The monoisotopic (exact) mass is 220 g/mol. The van der Waals surface area contributed by atoms with Gasteiger partial charge in [0, 0.05) is 6.54 Å². The zero-order valence-electron chi connectivity index (χ0n) is 8.30. The molecule has 0 spiro atoms. The molecule has 0 bridgehead atoms. The summed E-state index contributed by atoms with van der Waals surface area (Å²) >= 11 is 0. The molecule has 0 radical (unpaired) electrons. The van der Waals surface area contributed by atoms with Gasteiger partial charge in [-0.3, -0.25) is 0 Å². The van der Waals surface area contributed by atoms with E-state index in [1.165, 1.54) is 29.2 Å². The van der Waals surface area contributed by atoms with E-state index in [1.54, 1.807) is 12.1 Å². The summed E-state index contributed by atoms with van der Waals surface area (Å²) in [5.74, 6) is -1.39. The Balaban J connectivity index is 2.27. The average molecular weight is 220 g/mol. The first kappa shape index (κ1) is 10.4. The molecule has 1 aromatic carbocycles. The molecule has 1 aromatic heterocycles. The zero-order chi connectivity index (χ0) is 11.5. The van der Waals surface area contributed by atoms with Crippen LogP contribution in [0.1, 0.15) is 16.1 Å². The summed E-state index contributed by atoms with van der Waals surface area (Å²) in [4.78, 5) is 14.6. The molecule has 2 aromatic rings. The van der Waals surface area contributed by atoms with Gasteiger partial charge in [-0.05, 0) is 17.7 Å². The third-order valence-corrected chi connectivity index (χ3v) is 2.17. The summed E-state index contributed by atoms with van der Waals surface area (Å²) in [6.07, 6.45) is 2.68. The lowest BCUT2D eigenvalue weighted by Gasteiger charge is -2.05. The minimum atomic E-state index is -1.05. The smallest absolute Gasteiger partial charge is 0.354 e. The second-order valence-corrected chi connectivity index (χ2v) is 3.34. The van der Waals surface area contributed by atoms with E-state index in [4.69, 9.17) is 5.11 Å². The Morgan fingerprint density at radius 2 is 2.31 bits per heavy atom. The van der Waals surface area contributed by atoms with Gasteiger partial charge < -0.3 is 9.67 Å². The van der Waals surface area contributed by atoms with Gasteiger partial charge in [-0.15, -0.1) is 0 Å². The Hall–Kier alpha value is -2.17. The quantitative estimate of drug-likeness (QED) is 0.857. The molecule has 0 atom stereocenters. The van der Waals surface area contributed by atoms with Crippen LogP contribution in [-0.4, -0.2) is 20.6 Å². The van der Waals surface area contributed by atoms with Crippen LogP contribution in [0.25, 0.3) is 0 Å². The van der Waals surface area contributed by atoms with Crippen LogP contribution in [0.2, 0.25) is 0 Å². The maximum Gasteiger partial charge on any atom is 0.354 e. The molecule has 82 valence electrons. The fraction of sp³-hybridized carbons (Fsp3) is 0.0909. The molecule has 0 amide bonds. The fourth-order valence-electron chi connectivity index (χ4n) is 1.46. The van der Waals surface area contributed by atoms with Crippen molar-refractivity contribution in [2.45, 2.75) is 6.54 Å². The lowest BCUT2D eigenvalue weighted by atomic mass is 10.2. The van der Waals surface area contributed by atoms with Crippen molar-refractivity contribution in [1.29, 1.82) is 0 Å². The van der Waals surface area contributed by atoms with Crippen LogP contribution in [0.5, 0.6) is 0 Å². The number of benzene rings is 1. The molecule has 16 heavy (non-hydrogen) atoms. The summed E-state index contributed by atoms with van der Waals surface area (Å²) in [5.41, 5.74) is 0.782. The molecule has 5 heteroatoms. The van der Waals surface area contributed by atoms with Gasteiger partial charge in [0.05, 0.1) is 12.5 Å². The molecule has 4 nitrogen and oxygen atoms in total. The number of carbonyl (C=O) groups is 1. The molecule has 0 aliphatic heterocycles. The molecular formula is C11H9FN2O2. The molecule has 0 saturated carbocycles. The van der Waals surface area contributed by atoms with Gasteiger partial charge in [-0.1, -0.05) is 12.1 Å². The molecule has 0 fully saturated rings. The van der Waals surface area contributed by atoms with Crippen LogP contribution in [0.15, 0.2) is 36.8 Å². The molecule has 0 aliphatic rings. The van der Waals surface area contributed by atoms with Gasteiger partial charge in [0.2, 0.25) is 0 Å². The average Bonchev–Trinajstić information content (AvgIpc) is 2.66. The van der Waals surface area contributed by atoms with Crippen LogP contribution < -0.4 is 0 Å². The summed E-state index contributed by atoms with van der Waals surface area (Å²) in [6, 6.07) is 6.03. The topological polar surface area (TPSA) is 55.1 Å². The Bertz CT molecular complexity index is 522. The molecule has 1 N–H and O–H groups in total. The number of rotatable bonds is 3. The summed E-state index contributed by atoms with van der Waals surface area (Å²) in [5, 5.41) is 8.85. The Morgan fingerprint density at radius 1 is 1.50 bits per heavy atom. The van der Waals surface area contributed by atoms with E-state index >= 15 is 0 Å². The number of hydrogen-bond acceptors (Lipinski definition) is 2. The van der Waals surface area contributed by atoms with Gasteiger partial charge in [0.1, 0.15) is 11.5 Å². The number of nitrogens with zero attached hydrogens (tertiary/aromatic N) is 2. The van der Waals surface area contributed by atoms with Crippen molar-refractivity contribution >= 4 is 5.97 Å².